The Morgan fingerprint density at radius 1 is 1.26 bits per heavy atom. The first-order valence-electron chi connectivity index (χ1n) is 5.58. The third-order valence-electron chi connectivity index (χ3n) is 2.65. The molecule has 0 radical (unpaired) electrons. The van der Waals surface area contributed by atoms with Crippen LogP contribution in [0, 0.1) is 5.82 Å². The fourth-order valence-corrected chi connectivity index (χ4v) is 2.07. The highest BCUT2D eigenvalue weighted by molar-refractivity contribution is 9.10. The highest BCUT2D eigenvalue weighted by Gasteiger charge is 2.09. The van der Waals surface area contributed by atoms with Crippen molar-refractivity contribution in [3.63, 3.8) is 0 Å². The second-order valence-corrected chi connectivity index (χ2v) is 4.86. The molecule has 0 aromatic heterocycles. The average molecular weight is 324 g/mol. The minimum atomic E-state index is -0.993. The Morgan fingerprint density at radius 3 is 2.74 bits per heavy atom. The van der Waals surface area contributed by atoms with Crippen LogP contribution in [0.1, 0.15) is 15.9 Å². The van der Waals surface area contributed by atoms with E-state index in [2.05, 4.69) is 21.2 Å². The summed E-state index contributed by atoms with van der Waals surface area (Å²) in [6.45, 7) is 0.246. The molecule has 0 aliphatic carbocycles. The van der Waals surface area contributed by atoms with E-state index in [-0.39, 0.29) is 17.9 Å². The van der Waals surface area contributed by atoms with Gasteiger partial charge in [-0.25, -0.2) is 9.18 Å². The first-order chi connectivity index (χ1) is 9.08. The first kappa shape index (κ1) is 13.5. The topological polar surface area (TPSA) is 49.3 Å². The van der Waals surface area contributed by atoms with Crippen LogP contribution in [0.4, 0.5) is 10.1 Å². The highest BCUT2D eigenvalue weighted by atomic mass is 79.9. The average Bonchev–Trinajstić information content (AvgIpc) is 2.40. The van der Waals surface area contributed by atoms with Crippen molar-refractivity contribution in [2.45, 2.75) is 6.54 Å². The van der Waals surface area contributed by atoms with Crippen LogP contribution in [0.2, 0.25) is 0 Å². The number of hydrogen-bond donors (Lipinski definition) is 2. The fraction of sp³-hybridized carbons (Fsp3) is 0.0714. The summed E-state index contributed by atoms with van der Waals surface area (Å²) in [4.78, 5) is 11.0. The summed E-state index contributed by atoms with van der Waals surface area (Å²) in [5, 5.41) is 11.9. The molecule has 0 aliphatic rings. The molecule has 2 aromatic rings. The van der Waals surface area contributed by atoms with Gasteiger partial charge in [-0.2, -0.15) is 0 Å². The fourth-order valence-electron chi connectivity index (χ4n) is 1.71. The van der Waals surface area contributed by atoms with Gasteiger partial charge in [0, 0.05) is 11.0 Å². The Balaban J connectivity index is 2.19. The van der Waals surface area contributed by atoms with Gasteiger partial charge in [-0.3, -0.25) is 0 Å². The molecule has 19 heavy (non-hydrogen) atoms. The Labute approximate surface area is 118 Å². The van der Waals surface area contributed by atoms with E-state index >= 15 is 0 Å². The van der Waals surface area contributed by atoms with Crippen LogP contribution in [-0.2, 0) is 6.54 Å². The van der Waals surface area contributed by atoms with Gasteiger partial charge in [0.1, 0.15) is 5.82 Å². The Morgan fingerprint density at radius 2 is 2.00 bits per heavy atom. The third kappa shape index (κ3) is 3.32. The van der Waals surface area contributed by atoms with Gasteiger partial charge in [0.15, 0.2) is 0 Å². The smallest absolute Gasteiger partial charge is 0.336 e. The Hall–Kier alpha value is -1.88. The third-order valence-corrected chi connectivity index (χ3v) is 3.14. The zero-order chi connectivity index (χ0) is 13.8. The second-order valence-electron chi connectivity index (χ2n) is 3.94. The van der Waals surface area contributed by atoms with E-state index in [1.54, 1.807) is 30.3 Å². The van der Waals surface area contributed by atoms with Crippen molar-refractivity contribution in [3.05, 3.63) is 63.9 Å². The molecule has 0 atom stereocenters. The van der Waals surface area contributed by atoms with Crippen molar-refractivity contribution < 1.29 is 14.3 Å². The summed E-state index contributed by atoms with van der Waals surface area (Å²) >= 11 is 3.26. The van der Waals surface area contributed by atoms with E-state index in [9.17, 15) is 9.18 Å². The zero-order valence-corrected chi connectivity index (χ0v) is 11.4. The number of carboxylic acids is 1. The van der Waals surface area contributed by atoms with Crippen LogP contribution in [0.25, 0.3) is 0 Å². The number of benzene rings is 2. The van der Waals surface area contributed by atoms with Gasteiger partial charge in [-0.15, -0.1) is 0 Å². The first-order valence-corrected chi connectivity index (χ1v) is 6.37. The van der Waals surface area contributed by atoms with Crippen LogP contribution >= 0.6 is 15.9 Å². The van der Waals surface area contributed by atoms with Crippen molar-refractivity contribution in [1.82, 2.24) is 0 Å². The Bertz CT molecular complexity index is 616. The molecule has 0 fully saturated rings. The molecule has 0 unspecified atom stereocenters. The van der Waals surface area contributed by atoms with E-state index in [1.807, 2.05) is 0 Å². The largest absolute Gasteiger partial charge is 0.478 e. The second kappa shape index (κ2) is 5.84. The SMILES string of the molecule is O=C(O)c1ccccc1CNc1cc(Br)ccc1F. The van der Waals surface area contributed by atoms with Gasteiger partial charge in [0.2, 0.25) is 0 Å². The van der Waals surface area contributed by atoms with Gasteiger partial charge in [0.05, 0.1) is 11.3 Å². The lowest BCUT2D eigenvalue weighted by atomic mass is 10.1. The van der Waals surface area contributed by atoms with Crippen LogP contribution < -0.4 is 5.32 Å². The molecular weight excluding hydrogens is 313 g/mol. The predicted molar refractivity (Wildman–Crippen MR) is 74.8 cm³/mol. The number of aromatic carboxylic acids is 1. The molecule has 0 saturated heterocycles. The summed E-state index contributed by atoms with van der Waals surface area (Å²) in [6, 6.07) is 11.2. The molecule has 2 rings (SSSR count). The maximum atomic E-state index is 13.5. The molecule has 0 bridgehead atoms. The summed E-state index contributed by atoms with van der Waals surface area (Å²) in [6.07, 6.45) is 0. The molecule has 0 amide bonds. The monoisotopic (exact) mass is 323 g/mol. The summed E-state index contributed by atoms with van der Waals surface area (Å²) in [7, 11) is 0. The lowest BCUT2D eigenvalue weighted by Crippen LogP contribution is -2.07. The lowest BCUT2D eigenvalue weighted by molar-refractivity contribution is 0.0696. The standard InChI is InChI=1S/C14H11BrFNO2/c15-10-5-6-12(16)13(7-10)17-8-9-3-1-2-4-11(9)14(18)19/h1-7,17H,8H2,(H,18,19). The quantitative estimate of drug-likeness (QED) is 0.897. The van der Waals surface area contributed by atoms with Crippen molar-refractivity contribution in [3.8, 4) is 0 Å². The van der Waals surface area contributed by atoms with Crippen molar-refractivity contribution >= 4 is 27.6 Å². The minimum absolute atomic E-state index is 0.213. The number of halogens is 2. The Kier molecular flexibility index (Phi) is 4.16. The van der Waals surface area contributed by atoms with Crippen LogP contribution in [0.15, 0.2) is 46.9 Å². The van der Waals surface area contributed by atoms with Crippen LogP contribution in [0.5, 0.6) is 0 Å². The predicted octanol–water partition coefficient (Wildman–Crippen LogP) is 3.90. The number of rotatable bonds is 4. The van der Waals surface area contributed by atoms with Gasteiger partial charge in [0.25, 0.3) is 0 Å². The molecular formula is C14H11BrFNO2. The van der Waals surface area contributed by atoms with Crippen LogP contribution in [-0.4, -0.2) is 11.1 Å². The molecule has 0 saturated carbocycles. The van der Waals surface area contributed by atoms with Crippen molar-refractivity contribution in [1.29, 1.82) is 0 Å². The summed E-state index contributed by atoms with van der Waals surface area (Å²) < 4.78 is 14.3. The van der Waals surface area contributed by atoms with E-state index in [0.29, 0.717) is 11.3 Å². The van der Waals surface area contributed by atoms with Crippen molar-refractivity contribution in [2.75, 3.05) is 5.32 Å². The molecule has 3 nitrogen and oxygen atoms in total. The lowest BCUT2D eigenvalue weighted by Gasteiger charge is -2.10. The number of carboxylic acid groups (broad SMARTS) is 1. The molecule has 5 heteroatoms. The minimum Gasteiger partial charge on any atom is -0.478 e. The van der Waals surface area contributed by atoms with Gasteiger partial charge < -0.3 is 10.4 Å². The van der Waals surface area contributed by atoms with Crippen molar-refractivity contribution in [2.24, 2.45) is 0 Å². The molecule has 0 aliphatic heterocycles. The summed E-state index contributed by atoms with van der Waals surface area (Å²) in [5.41, 5.74) is 1.15. The van der Waals surface area contributed by atoms with E-state index < -0.39 is 5.97 Å². The zero-order valence-electron chi connectivity index (χ0n) is 9.86. The van der Waals surface area contributed by atoms with Gasteiger partial charge in [-0.05, 0) is 29.8 Å². The molecule has 2 aromatic carbocycles. The molecule has 0 heterocycles. The molecule has 2 N–H and O–H groups in total. The molecule has 98 valence electrons. The molecule has 0 spiro atoms. The number of carbonyl (C=O) groups is 1. The van der Waals surface area contributed by atoms with Gasteiger partial charge in [-0.1, -0.05) is 34.1 Å². The maximum Gasteiger partial charge on any atom is 0.336 e. The number of nitrogens with one attached hydrogen (secondary N) is 1. The van der Waals surface area contributed by atoms with E-state index in [0.717, 1.165) is 4.47 Å². The van der Waals surface area contributed by atoms with E-state index in [1.165, 1.54) is 12.1 Å². The highest BCUT2D eigenvalue weighted by Crippen LogP contribution is 2.21. The van der Waals surface area contributed by atoms with Gasteiger partial charge >= 0.3 is 5.97 Å². The normalized spacial score (nSPS) is 10.2. The summed E-state index contributed by atoms with van der Waals surface area (Å²) in [5.74, 6) is -1.37. The maximum absolute atomic E-state index is 13.5. The number of anilines is 1. The number of hydrogen-bond acceptors (Lipinski definition) is 2. The van der Waals surface area contributed by atoms with Crippen LogP contribution in [0.3, 0.4) is 0 Å². The van der Waals surface area contributed by atoms with E-state index in [4.69, 9.17) is 5.11 Å².